The summed E-state index contributed by atoms with van der Waals surface area (Å²) >= 11 is 0. The van der Waals surface area contributed by atoms with E-state index in [0.717, 1.165) is 18.9 Å². The molecule has 120 valence electrons. The molecule has 3 unspecified atom stereocenters. The van der Waals surface area contributed by atoms with E-state index < -0.39 is 0 Å². The lowest BCUT2D eigenvalue weighted by Gasteiger charge is -2.37. The van der Waals surface area contributed by atoms with Gasteiger partial charge in [0.05, 0.1) is 6.10 Å². The molecular formula is C18H37NO. The zero-order valence-corrected chi connectivity index (χ0v) is 14.4. The fourth-order valence-electron chi connectivity index (χ4n) is 3.80. The highest BCUT2D eigenvalue weighted by atomic mass is 16.3. The van der Waals surface area contributed by atoms with Crippen LogP contribution in [0.15, 0.2) is 0 Å². The number of hydrogen-bond donors (Lipinski definition) is 1. The predicted molar refractivity (Wildman–Crippen MR) is 87.9 cm³/mol. The van der Waals surface area contributed by atoms with Crippen molar-refractivity contribution < 1.29 is 5.11 Å². The number of nitrogens with zero attached hydrogens (tertiary/aromatic N) is 1. The lowest BCUT2D eigenvalue weighted by Crippen LogP contribution is -2.41. The van der Waals surface area contributed by atoms with Crippen molar-refractivity contribution in [2.45, 2.75) is 72.8 Å². The van der Waals surface area contributed by atoms with Crippen molar-refractivity contribution in [3.8, 4) is 0 Å². The van der Waals surface area contributed by atoms with Crippen LogP contribution in [0.5, 0.6) is 0 Å². The van der Waals surface area contributed by atoms with E-state index in [2.05, 4.69) is 39.5 Å². The van der Waals surface area contributed by atoms with E-state index in [1.54, 1.807) is 0 Å². The Morgan fingerprint density at radius 2 is 1.65 bits per heavy atom. The molecule has 0 aromatic carbocycles. The Bertz CT molecular complexity index is 242. The van der Waals surface area contributed by atoms with Crippen LogP contribution < -0.4 is 0 Å². The Labute approximate surface area is 126 Å². The summed E-state index contributed by atoms with van der Waals surface area (Å²) in [5.41, 5.74) is 0. The van der Waals surface area contributed by atoms with Crippen LogP contribution in [-0.2, 0) is 0 Å². The van der Waals surface area contributed by atoms with Gasteiger partial charge in [0, 0.05) is 19.6 Å². The van der Waals surface area contributed by atoms with Gasteiger partial charge < -0.3 is 10.0 Å². The molecule has 1 aliphatic carbocycles. The molecule has 2 heteroatoms. The molecule has 1 aliphatic rings. The fourth-order valence-corrected chi connectivity index (χ4v) is 3.80. The lowest BCUT2D eigenvalue weighted by molar-refractivity contribution is 0.0216. The Hall–Kier alpha value is -0.0800. The first-order valence-electron chi connectivity index (χ1n) is 8.82. The van der Waals surface area contributed by atoms with Gasteiger partial charge in [0.25, 0.3) is 0 Å². The maximum atomic E-state index is 10.3. The van der Waals surface area contributed by atoms with Crippen LogP contribution in [0.3, 0.4) is 0 Å². The number of hydrogen-bond acceptors (Lipinski definition) is 2. The molecule has 0 radical (unpaired) electrons. The third kappa shape index (κ3) is 6.58. The summed E-state index contributed by atoms with van der Waals surface area (Å²) < 4.78 is 0. The van der Waals surface area contributed by atoms with Crippen molar-refractivity contribution in [3.05, 3.63) is 0 Å². The van der Waals surface area contributed by atoms with Crippen molar-refractivity contribution in [2.75, 3.05) is 19.6 Å². The topological polar surface area (TPSA) is 23.5 Å². The minimum Gasteiger partial charge on any atom is -0.393 e. The maximum absolute atomic E-state index is 10.3. The molecule has 1 saturated carbocycles. The van der Waals surface area contributed by atoms with Gasteiger partial charge in [-0.2, -0.15) is 0 Å². The minimum atomic E-state index is -0.0649. The predicted octanol–water partition coefficient (Wildman–Crippen LogP) is 4.18. The first-order chi connectivity index (χ1) is 9.42. The van der Waals surface area contributed by atoms with Crippen LogP contribution >= 0.6 is 0 Å². The highest BCUT2D eigenvalue weighted by Gasteiger charge is 2.30. The van der Waals surface area contributed by atoms with E-state index in [1.165, 1.54) is 38.8 Å². The molecule has 20 heavy (non-hydrogen) atoms. The summed E-state index contributed by atoms with van der Waals surface area (Å²) in [6, 6.07) is 0. The molecule has 3 atom stereocenters. The molecule has 0 aromatic rings. The summed E-state index contributed by atoms with van der Waals surface area (Å²) in [6.45, 7) is 14.9. The minimum absolute atomic E-state index is 0.0649. The normalized spacial score (nSPS) is 27.8. The molecule has 0 heterocycles. The lowest BCUT2D eigenvalue weighted by atomic mass is 9.77. The second kappa shape index (κ2) is 9.04. The van der Waals surface area contributed by atoms with Gasteiger partial charge in [-0.1, -0.05) is 47.5 Å². The summed E-state index contributed by atoms with van der Waals surface area (Å²) in [7, 11) is 0. The Balaban J connectivity index is 2.54. The van der Waals surface area contributed by atoms with Crippen molar-refractivity contribution in [2.24, 2.45) is 23.7 Å². The van der Waals surface area contributed by atoms with E-state index in [1.807, 2.05) is 0 Å². The monoisotopic (exact) mass is 283 g/mol. The second-order valence-corrected chi connectivity index (χ2v) is 7.80. The van der Waals surface area contributed by atoms with E-state index in [9.17, 15) is 5.11 Å². The summed E-state index contributed by atoms with van der Waals surface area (Å²) in [6.07, 6.45) is 6.06. The van der Waals surface area contributed by atoms with Crippen LogP contribution in [0.25, 0.3) is 0 Å². The van der Waals surface area contributed by atoms with E-state index >= 15 is 0 Å². The molecule has 0 aliphatic heterocycles. The molecule has 0 spiro atoms. The molecule has 1 fully saturated rings. The summed E-state index contributed by atoms with van der Waals surface area (Å²) in [5, 5.41) is 10.3. The third-order valence-electron chi connectivity index (χ3n) is 4.49. The Morgan fingerprint density at radius 1 is 1.05 bits per heavy atom. The van der Waals surface area contributed by atoms with Crippen LogP contribution in [-0.4, -0.2) is 35.7 Å². The molecule has 0 amide bonds. The van der Waals surface area contributed by atoms with Gasteiger partial charge in [0.2, 0.25) is 0 Å². The first kappa shape index (κ1) is 18.0. The van der Waals surface area contributed by atoms with Crippen molar-refractivity contribution in [1.29, 1.82) is 0 Å². The van der Waals surface area contributed by atoms with Gasteiger partial charge in [-0.3, -0.25) is 0 Å². The summed E-state index contributed by atoms with van der Waals surface area (Å²) in [5.74, 6) is 2.77. The first-order valence-corrected chi connectivity index (χ1v) is 8.82. The van der Waals surface area contributed by atoms with Gasteiger partial charge >= 0.3 is 0 Å². The van der Waals surface area contributed by atoms with Crippen LogP contribution in [0, 0.1) is 23.7 Å². The average Bonchev–Trinajstić information content (AvgIpc) is 2.32. The fraction of sp³-hybridized carbons (Fsp3) is 1.00. The van der Waals surface area contributed by atoms with Crippen LogP contribution in [0.1, 0.15) is 66.7 Å². The zero-order valence-electron chi connectivity index (χ0n) is 14.4. The number of rotatable bonds is 8. The highest BCUT2D eigenvalue weighted by molar-refractivity contribution is 4.82. The van der Waals surface area contributed by atoms with E-state index in [-0.39, 0.29) is 6.10 Å². The number of aliphatic hydroxyl groups excluding tert-OH is 1. The van der Waals surface area contributed by atoms with Gasteiger partial charge in [0.15, 0.2) is 0 Å². The smallest absolute Gasteiger partial charge is 0.0580 e. The SMILES string of the molecule is CCCC1CCC(O)C(CN(CC(C)C)CC(C)C)C1. The van der Waals surface area contributed by atoms with Crippen LogP contribution in [0.2, 0.25) is 0 Å². The molecule has 0 saturated heterocycles. The molecule has 1 rings (SSSR count). The zero-order chi connectivity index (χ0) is 15.1. The van der Waals surface area contributed by atoms with Gasteiger partial charge in [-0.05, 0) is 42.9 Å². The van der Waals surface area contributed by atoms with Gasteiger partial charge in [-0.15, -0.1) is 0 Å². The van der Waals surface area contributed by atoms with Gasteiger partial charge in [-0.25, -0.2) is 0 Å². The maximum Gasteiger partial charge on any atom is 0.0580 e. The number of aliphatic hydroxyl groups is 1. The van der Waals surface area contributed by atoms with Gasteiger partial charge in [0.1, 0.15) is 0 Å². The standard InChI is InChI=1S/C18H37NO/c1-6-7-16-8-9-18(20)17(10-16)13-19(11-14(2)3)12-15(4)5/h14-18,20H,6-13H2,1-5H3. The van der Waals surface area contributed by atoms with E-state index in [4.69, 9.17) is 0 Å². The average molecular weight is 284 g/mol. The Morgan fingerprint density at radius 3 is 2.15 bits per heavy atom. The molecular weight excluding hydrogens is 246 g/mol. The van der Waals surface area contributed by atoms with Crippen molar-refractivity contribution in [3.63, 3.8) is 0 Å². The second-order valence-electron chi connectivity index (χ2n) is 7.80. The van der Waals surface area contributed by atoms with Crippen LogP contribution in [0.4, 0.5) is 0 Å². The quantitative estimate of drug-likeness (QED) is 0.722. The third-order valence-corrected chi connectivity index (χ3v) is 4.49. The molecule has 0 bridgehead atoms. The van der Waals surface area contributed by atoms with Crippen molar-refractivity contribution in [1.82, 2.24) is 4.90 Å². The largest absolute Gasteiger partial charge is 0.393 e. The molecule has 2 nitrogen and oxygen atoms in total. The van der Waals surface area contributed by atoms with E-state index in [0.29, 0.717) is 17.8 Å². The molecule has 1 N–H and O–H groups in total. The highest BCUT2D eigenvalue weighted by Crippen LogP contribution is 2.33. The summed E-state index contributed by atoms with van der Waals surface area (Å²) in [4.78, 5) is 2.59. The molecule has 0 aromatic heterocycles. The van der Waals surface area contributed by atoms with Crippen molar-refractivity contribution >= 4 is 0 Å². The Kier molecular flexibility index (Phi) is 8.13.